The maximum absolute atomic E-state index is 13.4. The summed E-state index contributed by atoms with van der Waals surface area (Å²) in [6.45, 7) is 2.70. The highest BCUT2D eigenvalue weighted by Crippen LogP contribution is 2.32. The number of hydrazine groups is 1. The van der Waals surface area contributed by atoms with Crippen LogP contribution in [0.15, 0.2) is 48.7 Å². The molecule has 1 amide bonds. The Hall–Kier alpha value is -2.45. The Morgan fingerprint density at radius 2 is 1.74 bits per heavy atom. The Labute approximate surface area is 156 Å². The van der Waals surface area contributed by atoms with Crippen molar-refractivity contribution >= 4 is 5.91 Å². The molecule has 1 aliphatic rings. The first-order valence-electron chi connectivity index (χ1n) is 8.67. The molecular formula is C19H21F3N4O. The summed E-state index contributed by atoms with van der Waals surface area (Å²) in [5, 5.41) is 3.20. The highest BCUT2D eigenvalue weighted by Gasteiger charge is 2.37. The van der Waals surface area contributed by atoms with Gasteiger partial charge in [-0.2, -0.15) is 13.2 Å². The molecule has 0 radical (unpaired) electrons. The summed E-state index contributed by atoms with van der Waals surface area (Å²) in [6.07, 6.45) is -2.99. The third kappa shape index (κ3) is 4.64. The van der Waals surface area contributed by atoms with Crippen molar-refractivity contribution in [2.75, 3.05) is 33.2 Å². The molecule has 1 aromatic carbocycles. The lowest BCUT2D eigenvalue weighted by Crippen LogP contribution is -2.54. The largest absolute Gasteiger partial charge is 0.417 e. The third-order valence-electron chi connectivity index (χ3n) is 4.56. The van der Waals surface area contributed by atoms with Crippen LogP contribution in [0.4, 0.5) is 13.2 Å². The minimum Gasteiger partial charge on any atom is -0.304 e. The maximum atomic E-state index is 13.4. The summed E-state index contributed by atoms with van der Waals surface area (Å²) < 4.78 is 40.2. The Kier molecular flexibility index (Phi) is 5.76. The molecular weight excluding hydrogens is 357 g/mol. The van der Waals surface area contributed by atoms with E-state index in [9.17, 15) is 18.0 Å². The van der Waals surface area contributed by atoms with Gasteiger partial charge in [0, 0.05) is 32.4 Å². The van der Waals surface area contributed by atoms with E-state index in [4.69, 9.17) is 0 Å². The number of piperazine rings is 1. The second-order valence-electron chi connectivity index (χ2n) is 6.48. The predicted octanol–water partition coefficient (Wildman–Crippen LogP) is 2.91. The van der Waals surface area contributed by atoms with Crippen molar-refractivity contribution < 1.29 is 18.0 Å². The average Bonchev–Trinajstić information content (AvgIpc) is 2.66. The molecule has 0 unspecified atom stereocenters. The van der Waals surface area contributed by atoms with Crippen molar-refractivity contribution in [2.24, 2.45) is 0 Å². The molecule has 3 rings (SSSR count). The molecule has 144 valence electrons. The SMILES string of the molecule is CN1CCN(N(Cc2ccccn2)C(=O)c2ccccc2C(F)(F)F)CC1. The number of carbonyl (C=O) groups is 1. The first-order chi connectivity index (χ1) is 12.9. The number of nitrogens with zero attached hydrogens (tertiary/aromatic N) is 4. The number of aromatic nitrogens is 1. The van der Waals surface area contributed by atoms with Gasteiger partial charge in [0.2, 0.25) is 0 Å². The standard InChI is InChI=1S/C19H21F3N4O/c1-24-10-12-25(13-11-24)26(14-15-6-4-5-9-23-15)18(27)16-7-2-3-8-17(16)19(20,21)22/h2-9H,10-14H2,1H3. The Bertz CT molecular complexity index is 774. The van der Waals surface area contributed by atoms with Gasteiger partial charge in [0.05, 0.1) is 23.4 Å². The number of hydrogen-bond acceptors (Lipinski definition) is 4. The Morgan fingerprint density at radius 3 is 2.37 bits per heavy atom. The van der Waals surface area contributed by atoms with Crippen molar-refractivity contribution in [3.8, 4) is 0 Å². The molecule has 0 bridgehead atoms. The van der Waals surface area contributed by atoms with Gasteiger partial charge in [-0.25, -0.2) is 5.01 Å². The number of alkyl halides is 3. The third-order valence-corrected chi connectivity index (χ3v) is 4.56. The van der Waals surface area contributed by atoms with Crippen LogP contribution in [0.5, 0.6) is 0 Å². The van der Waals surface area contributed by atoms with E-state index in [0.29, 0.717) is 18.8 Å². The summed E-state index contributed by atoms with van der Waals surface area (Å²) in [7, 11) is 1.97. The minimum absolute atomic E-state index is 0.121. The zero-order valence-electron chi connectivity index (χ0n) is 15.0. The van der Waals surface area contributed by atoms with Gasteiger partial charge in [-0.1, -0.05) is 18.2 Å². The Morgan fingerprint density at radius 1 is 1.07 bits per heavy atom. The Balaban J connectivity index is 1.94. The zero-order chi connectivity index (χ0) is 19.4. The first-order valence-corrected chi connectivity index (χ1v) is 8.67. The van der Waals surface area contributed by atoms with Crippen molar-refractivity contribution in [2.45, 2.75) is 12.7 Å². The van der Waals surface area contributed by atoms with E-state index >= 15 is 0 Å². The van der Waals surface area contributed by atoms with Crippen LogP contribution in [-0.2, 0) is 12.7 Å². The molecule has 1 aliphatic heterocycles. The molecule has 0 aliphatic carbocycles. The topological polar surface area (TPSA) is 39.7 Å². The first kappa shape index (κ1) is 19.3. The summed E-state index contributed by atoms with van der Waals surface area (Å²) in [5.74, 6) is -0.668. The monoisotopic (exact) mass is 378 g/mol. The van der Waals surface area contributed by atoms with E-state index in [1.54, 1.807) is 24.4 Å². The molecule has 0 N–H and O–H groups in total. The predicted molar refractivity (Wildman–Crippen MR) is 94.6 cm³/mol. The van der Waals surface area contributed by atoms with E-state index < -0.39 is 17.6 Å². The lowest BCUT2D eigenvalue weighted by molar-refractivity contribution is -0.138. The highest BCUT2D eigenvalue weighted by molar-refractivity contribution is 5.95. The number of likely N-dealkylation sites (N-methyl/N-ethyl adjacent to an activating group) is 1. The van der Waals surface area contributed by atoms with Gasteiger partial charge in [0.1, 0.15) is 0 Å². The van der Waals surface area contributed by atoms with Gasteiger partial charge in [-0.15, -0.1) is 0 Å². The second kappa shape index (κ2) is 8.06. The van der Waals surface area contributed by atoms with Crippen LogP contribution in [0.25, 0.3) is 0 Å². The van der Waals surface area contributed by atoms with Crippen molar-refractivity contribution in [3.63, 3.8) is 0 Å². The van der Waals surface area contributed by atoms with Crippen LogP contribution in [0, 0.1) is 0 Å². The average molecular weight is 378 g/mol. The lowest BCUT2D eigenvalue weighted by Gasteiger charge is -2.40. The van der Waals surface area contributed by atoms with Gasteiger partial charge >= 0.3 is 6.18 Å². The highest BCUT2D eigenvalue weighted by atomic mass is 19.4. The second-order valence-corrected chi connectivity index (χ2v) is 6.48. The summed E-state index contributed by atoms with van der Waals surface area (Å²) in [5.41, 5.74) is -0.649. The summed E-state index contributed by atoms with van der Waals surface area (Å²) >= 11 is 0. The normalized spacial score (nSPS) is 16.3. The number of benzene rings is 1. The van der Waals surface area contributed by atoms with Crippen LogP contribution in [-0.4, -0.2) is 59.0 Å². The number of carbonyl (C=O) groups excluding carboxylic acids is 1. The van der Waals surface area contributed by atoms with Crippen LogP contribution in [0.2, 0.25) is 0 Å². The molecule has 5 nitrogen and oxygen atoms in total. The smallest absolute Gasteiger partial charge is 0.304 e. The fraction of sp³-hybridized carbons (Fsp3) is 0.368. The van der Waals surface area contributed by atoms with E-state index in [1.165, 1.54) is 23.2 Å². The van der Waals surface area contributed by atoms with Crippen LogP contribution in [0.3, 0.4) is 0 Å². The summed E-state index contributed by atoms with van der Waals surface area (Å²) in [6, 6.07) is 10.2. The molecule has 1 fully saturated rings. The fourth-order valence-electron chi connectivity index (χ4n) is 3.04. The van der Waals surface area contributed by atoms with E-state index in [2.05, 4.69) is 9.88 Å². The summed E-state index contributed by atoms with van der Waals surface area (Å²) in [4.78, 5) is 19.5. The molecule has 0 atom stereocenters. The van der Waals surface area contributed by atoms with E-state index in [0.717, 1.165) is 19.2 Å². The molecule has 1 saturated heterocycles. The number of amides is 1. The van der Waals surface area contributed by atoms with Gasteiger partial charge in [-0.3, -0.25) is 14.8 Å². The quantitative estimate of drug-likeness (QED) is 0.820. The van der Waals surface area contributed by atoms with Crippen molar-refractivity contribution in [1.82, 2.24) is 19.9 Å². The number of pyridine rings is 1. The molecule has 0 saturated carbocycles. The molecule has 2 aromatic rings. The fourth-order valence-corrected chi connectivity index (χ4v) is 3.04. The molecule has 1 aromatic heterocycles. The van der Waals surface area contributed by atoms with Gasteiger partial charge in [0.15, 0.2) is 0 Å². The lowest BCUT2D eigenvalue weighted by atomic mass is 10.1. The van der Waals surface area contributed by atoms with Crippen LogP contribution in [0.1, 0.15) is 21.6 Å². The van der Waals surface area contributed by atoms with E-state index in [1.807, 2.05) is 12.1 Å². The van der Waals surface area contributed by atoms with Crippen molar-refractivity contribution in [1.29, 1.82) is 0 Å². The maximum Gasteiger partial charge on any atom is 0.417 e. The number of halogens is 3. The van der Waals surface area contributed by atoms with Crippen LogP contribution < -0.4 is 0 Å². The van der Waals surface area contributed by atoms with E-state index in [-0.39, 0.29) is 12.1 Å². The van der Waals surface area contributed by atoms with Gasteiger partial charge in [-0.05, 0) is 31.3 Å². The molecule has 8 heteroatoms. The minimum atomic E-state index is -4.59. The van der Waals surface area contributed by atoms with Gasteiger partial charge < -0.3 is 4.90 Å². The number of hydrogen-bond donors (Lipinski definition) is 0. The molecule has 27 heavy (non-hydrogen) atoms. The number of rotatable bonds is 4. The molecule has 0 spiro atoms. The zero-order valence-corrected chi connectivity index (χ0v) is 15.0. The van der Waals surface area contributed by atoms with Gasteiger partial charge in [0.25, 0.3) is 5.91 Å². The van der Waals surface area contributed by atoms with Crippen LogP contribution >= 0.6 is 0 Å². The van der Waals surface area contributed by atoms with Crippen molar-refractivity contribution in [3.05, 3.63) is 65.5 Å². The molecule has 2 heterocycles.